The van der Waals surface area contributed by atoms with Crippen LogP contribution < -0.4 is 20.3 Å². The molecule has 2 N–H and O–H groups in total. The minimum atomic E-state index is -0.470. The Bertz CT molecular complexity index is 870. The zero-order valence-electron chi connectivity index (χ0n) is 14.4. The van der Waals surface area contributed by atoms with Gasteiger partial charge >= 0.3 is 0 Å². The molecule has 0 unspecified atom stereocenters. The standard InChI is InChI=1S/C18H18N4O5/c23-17(11-21-15-7-3-4-8-16(15)27-12-18(21)24)20-10-9-19-13-5-1-2-6-14(13)22(25)26/h1-8,19H,9-12H2,(H,20,23). The van der Waals surface area contributed by atoms with Crippen molar-refractivity contribution in [1.82, 2.24) is 5.32 Å². The number of anilines is 2. The molecule has 9 heteroatoms. The Morgan fingerprint density at radius 3 is 2.70 bits per heavy atom. The summed E-state index contributed by atoms with van der Waals surface area (Å²) in [5.74, 6) is -0.0609. The van der Waals surface area contributed by atoms with Crippen molar-refractivity contribution in [3.05, 3.63) is 58.6 Å². The quantitative estimate of drug-likeness (QED) is 0.434. The smallest absolute Gasteiger partial charge is 0.292 e. The summed E-state index contributed by atoms with van der Waals surface area (Å²) in [5.41, 5.74) is 0.912. The van der Waals surface area contributed by atoms with Crippen LogP contribution in [0.25, 0.3) is 0 Å². The highest BCUT2D eigenvalue weighted by molar-refractivity contribution is 6.02. The number of hydrogen-bond acceptors (Lipinski definition) is 6. The van der Waals surface area contributed by atoms with E-state index in [2.05, 4.69) is 10.6 Å². The number of carbonyl (C=O) groups excluding carboxylic acids is 2. The van der Waals surface area contributed by atoms with Crippen molar-refractivity contribution < 1.29 is 19.2 Å². The average Bonchev–Trinajstić information content (AvgIpc) is 2.67. The summed E-state index contributed by atoms with van der Waals surface area (Å²) in [6, 6.07) is 13.3. The van der Waals surface area contributed by atoms with Crippen LogP contribution in [-0.4, -0.2) is 43.0 Å². The van der Waals surface area contributed by atoms with Crippen LogP contribution in [0.3, 0.4) is 0 Å². The molecule has 27 heavy (non-hydrogen) atoms. The lowest BCUT2D eigenvalue weighted by atomic mass is 10.2. The number of hydrogen-bond donors (Lipinski definition) is 2. The lowest BCUT2D eigenvalue weighted by Crippen LogP contribution is -2.45. The first-order valence-electron chi connectivity index (χ1n) is 8.32. The fourth-order valence-corrected chi connectivity index (χ4v) is 2.71. The van der Waals surface area contributed by atoms with E-state index in [1.165, 1.54) is 11.0 Å². The molecule has 3 rings (SSSR count). The predicted octanol–water partition coefficient (Wildman–Crippen LogP) is 1.55. The van der Waals surface area contributed by atoms with Crippen molar-refractivity contribution in [2.24, 2.45) is 0 Å². The molecular weight excluding hydrogens is 352 g/mol. The Hall–Kier alpha value is -3.62. The molecule has 0 radical (unpaired) electrons. The van der Waals surface area contributed by atoms with Crippen molar-refractivity contribution in [2.75, 3.05) is 36.5 Å². The Morgan fingerprint density at radius 1 is 1.15 bits per heavy atom. The number of nitrogens with one attached hydrogen (secondary N) is 2. The molecular formula is C18H18N4O5. The molecule has 2 amide bonds. The van der Waals surface area contributed by atoms with Crippen molar-refractivity contribution in [3.63, 3.8) is 0 Å². The highest BCUT2D eigenvalue weighted by Gasteiger charge is 2.26. The number of fused-ring (bicyclic) bond motifs is 1. The summed E-state index contributed by atoms with van der Waals surface area (Å²) < 4.78 is 5.34. The van der Waals surface area contributed by atoms with Crippen LogP contribution in [0.2, 0.25) is 0 Å². The van der Waals surface area contributed by atoms with Crippen LogP contribution in [0.1, 0.15) is 0 Å². The third kappa shape index (κ3) is 4.32. The number of rotatable bonds is 7. The molecule has 0 aliphatic carbocycles. The Labute approximate surface area is 155 Å². The largest absolute Gasteiger partial charge is 0.482 e. The summed E-state index contributed by atoms with van der Waals surface area (Å²) >= 11 is 0. The van der Waals surface area contributed by atoms with E-state index in [1.54, 1.807) is 42.5 Å². The first kappa shape index (κ1) is 18.2. The monoisotopic (exact) mass is 370 g/mol. The number of nitrogens with zero attached hydrogens (tertiary/aromatic N) is 2. The van der Waals surface area contributed by atoms with Gasteiger partial charge in [-0.15, -0.1) is 0 Å². The fourth-order valence-electron chi connectivity index (χ4n) is 2.71. The molecule has 9 nitrogen and oxygen atoms in total. The SMILES string of the molecule is O=C(CN1C(=O)COc2ccccc21)NCCNc1ccccc1[N+](=O)[O-]. The van der Waals surface area contributed by atoms with Crippen molar-refractivity contribution in [2.45, 2.75) is 0 Å². The number of para-hydroxylation sites is 4. The maximum atomic E-state index is 12.2. The third-order valence-electron chi connectivity index (χ3n) is 3.97. The normalized spacial score (nSPS) is 12.7. The third-order valence-corrected chi connectivity index (χ3v) is 3.97. The highest BCUT2D eigenvalue weighted by atomic mass is 16.6. The lowest BCUT2D eigenvalue weighted by molar-refractivity contribution is -0.384. The first-order chi connectivity index (χ1) is 13.1. The summed E-state index contributed by atoms with van der Waals surface area (Å²) in [4.78, 5) is 36.1. The second kappa shape index (κ2) is 8.17. The van der Waals surface area contributed by atoms with Gasteiger partial charge in [0.2, 0.25) is 5.91 Å². The zero-order chi connectivity index (χ0) is 19.2. The number of amides is 2. The van der Waals surface area contributed by atoms with Crippen molar-refractivity contribution in [3.8, 4) is 5.75 Å². The molecule has 1 heterocycles. The molecule has 0 spiro atoms. The summed E-state index contributed by atoms with van der Waals surface area (Å²) in [7, 11) is 0. The van der Waals surface area contributed by atoms with Gasteiger partial charge in [0.1, 0.15) is 18.0 Å². The van der Waals surface area contributed by atoms with Gasteiger partial charge in [-0.05, 0) is 18.2 Å². The molecule has 0 aromatic heterocycles. The van der Waals surface area contributed by atoms with Gasteiger partial charge in [-0.1, -0.05) is 24.3 Å². The van der Waals surface area contributed by atoms with Crippen LogP contribution in [0.15, 0.2) is 48.5 Å². The molecule has 140 valence electrons. The van der Waals surface area contributed by atoms with Crippen LogP contribution in [0.4, 0.5) is 17.1 Å². The van der Waals surface area contributed by atoms with Gasteiger partial charge in [-0.3, -0.25) is 24.6 Å². The second-order valence-electron chi connectivity index (χ2n) is 5.79. The molecule has 0 saturated heterocycles. The predicted molar refractivity (Wildman–Crippen MR) is 98.9 cm³/mol. The average molecular weight is 370 g/mol. The topological polar surface area (TPSA) is 114 Å². The van der Waals surface area contributed by atoms with Gasteiger partial charge in [0, 0.05) is 19.2 Å². The van der Waals surface area contributed by atoms with Gasteiger partial charge < -0.3 is 15.4 Å². The molecule has 2 aromatic carbocycles. The zero-order valence-corrected chi connectivity index (χ0v) is 14.4. The molecule has 1 aliphatic rings. The van der Waals surface area contributed by atoms with Crippen molar-refractivity contribution in [1.29, 1.82) is 0 Å². The van der Waals surface area contributed by atoms with E-state index < -0.39 is 4.92 Å². The van der Waals surface area contributed by atoms with Crippen LogP contribution in [0, 0.1) is 10.1 Å². The Morgan fingerprint density at radius 2 is 1.89 bits per heavy atom. The number of carbonyl (C=O) groups is 2. The van der Waals surface area contributed by atoms with Gasteiger partial charge in [0.25, 0.3) is 11.6 Å². The lowest BCUT2D eigenvalue weighted by Gasteiger charge is -2.28. The second-order valence-corrected chi connectivity index (χ2v) is 5.79. The molecule has 2 aromatic rings. The van der Waals surface area contributed by atoms with Crippen LogP contribution in [0.5, 0.6) is 5.75 Å². The van der Waals surface area contributed by atoms with E-state index in [1.807, 2.05) is 0 Å². The molecule has 0 atom stereocenters. The molecule has 0 saturated carbocycles. The maximum absolute atomic E-state index is 12.2. The van der Waals surface area contributed by atoms with Crippen molar-refractivity contribution >= 4 is 28.9 Å². The van der Waals surface area contributed by atoms with E-state index in [-0.39, 0.29) is 37.2 Å². The Balaban J connectivity index is 1.51. The van der Waals surface area contributed by atoms with Gasteiger partial charge in [-0.2, -0.15) is 0 Å². The van der Waals surface area contributed by atoms with Gasteiger partial charge in [0.15, 0.2) is 6.61 Å². The maximum Gasteiger partial charge on any atom is 0.292 e. The summed E-state index contributed by atoms with van der Waals surface area (Å²) in [6.07, 6.45) is 0. The summed E-state index contributed by atoms with van der Waals surface area (Å²) in [5, 5.41) is 16.6. The molecule has 0 fully saturated rings. The minimum Gasteiger partial charge on any atom is -0.482 e. The van der Waals surface area contributed by atoms with E-state index in [9.17, 15) is 19.7 Å². The number of benzene rings is 2. The highest BCUT2D eigenvalue weighted by Crippen LogP contribution is 2.31. The van der Waals surface area contributed by atoms with E-state index in [0.717, 1.165) is 0 Å². The van der Waals surface area contributed by atoms with Gasteiger partial charge in [-0.25, -0.2) is 0 Å². The van der Waals surface area contributed by atoms with E-state index in [4.69, 9.17) is 4.74 Å². The minimum absolute atomic E-state index is 0.0284. The van der Waals surface area contributed by atoms with E-state index >= 15 is 0 Å². The van der Waals surface area contributed by atoms with Crippen LogP contribution in [-0.2, 0) is 9.59 Å². The first-order valence-corrected chi connectivity index (χ1v) is 8.32. The van der Waals surface area contributed by atoms with Gasteiger partial charge in [0.05, 0.1) is 10.6 Å². The van der Waals surface area contributed by atoms with Crippen LogP contribution >= 0.6 is 0 Å². The fraction of sp³-hybridized carbons (Fsp3) is 0.222. The number of ether oxygens (including phenoxy) is 1. The van der Waals surface area contributed by atoms with E-state index in [0.29, 0.717) is 23.7 Å². The Kier molecular flexibility index (Phi) is 5.50. The molecule has 0 bridgehead atoms. The number of nitro groups is 1. The summed E-state index contributed by atoms with van der Waals surface area (Å²) in [6.45, 7) is 0.337. The molecule has 1 aliphatic heterocycles. The number of nitro benzene ring substituents is 1.